The summed E-state index contributed by atoms with van der Waals surface area (Å²) < 4.78 is 5.58. The van der Waals surface area contributed by atoms with Gasteiger partial charge in [0.25, 0.3) is 11.8 Å². The molecule has 2 amide bonds. The summed E-state index contributed by atoms with van der Waals surface area (Å²) in [6.45, 7) is 2.84. The standard InChI is InChI=1S/C21H21NO4/c1-2-3-14-26-16-10-8-15(9-11-16)19(23)12-13-22-20(24)17-6-4-5-7-18(17)21(22)25/h4-11H,2-3,12-14H2,1H3. The number of hydrogen-bond donors (Lipinski definition) is 0. The van der Waals surface area contributed by atoms with Crippen LogP contribution in [0.25, 0.3) is 0 Å². The van der Waals surface area contributed by atoms with Gasteiger partial charge in [-0.2, -0.15) is 0 Å². The minimum absolute atomic E-state index is 0.0833. The van der Waals surface area contributed by atoms with Crippen molar-refractivity contribution in [1.82, 2.24) is 4.90 Å². The van der Waals surface area contributed by atoms with Crippen molar-refractivity contribution in [2.24, 2.45) is 0 Å². The normalized spacial score (nSPS) is 13.0. The number of unbranched alkanes of at least 4 members (excludes halogenated alkanes) is 1. The number of ketones is 1. The van der Waals surface area contributed by atoms with E-state index >= 15 is 0 Å². The molecule has 1 aliphatic heterocycles. The topological polar surface area (TPSA) is 63.7 Å². The average Bonchev–Trinajstić information content (AvgIpc) is 2.91. The Morgan fingerprint density at radius 2 is 1.58 bits per heavy atom. The van der Waals surface area contributed by atoms with E-state index < -0.39 is 0 Å². The summed E-state index contributed by atoms with van der Waals surface area (Å²) in [7, 11) is 0. The second-order valence-corrected chi connectivity index (χ2v) is 6.21. The van der Waals surface area contributed by atoms with Crippen molar-refractivity contribution in [3.63, 3.8) is 0 Å². The molecule has 0 fully saturated rings. The molecule has 26 heavy (non-hydrogen) atoms. The molecule has 2 aromatic rings. The lowest BCUT2D eigenvalue weighted by molar-refractivity contribution is 0.0649. The molecule has 0 saturated heterocycles. The van der Waals surface area contributed by atoms with Crippen LogP contribution >= 0.6 is 0 Å². The molecule has 0 atom stereocenters. The van der Waals surface area contributed by atoms with E-state index in [2.05, 4.69) is 6.92 Å². The van der Waals surface area contributed by atoms with E-state index in [1.807, 2.05) is 0 Å². The highest BCUT2D eigenvalue weighted by Gasteiger charge is 2.34. The SMILES string of the molecule is CCCCOc1ccc(C(=O)CCN2C(=O)c3ccccc3C2=O)cc1. The first-order chi connectivity index (χ1) is 12.6. The minimum Gasteiger partial charge on any atom is -0.494 e. The van der Waals surface area contributed by atoms with E-state index in [-0.39, 0.29) is 30.6 Å². The van der Waals surface area contributed by atoms with Crippen molar-refractivity contribution in [1.29, 1.82) is 0 Å². The Bertz CT molecular complexity index is 791. The molecular weight excluding hydrogens is 330 g/mol. The number of amides is 2. The number of hydrogen-bond acceptors (Lipinski definition) is 4. The zero-order valence-corrected chi connectivity index (χ0v) is 14.7. The fraction of sp³-hybridized carbons (Fsp3) is 0.286. The first-order valence-corrected chi connectivity index (χ1v) is 8.83. The van der Waals surface area contributed by atoms with E-state index in [4.69, 9.17) is 4.74 Å². The van der Waals surface area contributed by atoms with Crippen LogP contribution in [-0.4, -0.2) is 35.6 Å². The Labute approximate surface area is 152 Å². The predicted molar refractivity (Wildman–Crippen MR) is 97.6 cm³/mol. The average molecular weight is 351 g/mol. The van der Waals surface area contributed by atoms with Gasteiger partial charge in [-0.1, -0.05) is 25.5 Å². The Balaban J connectivity index is 1.58. The number of nitrogens with zero attached hydrogens (tertiary/aromatic N) is 1. The van der Waals surface area contributed by atoms with Crippen molar-refractivity contribution >= 4 is 17.6 Å². The predicted octanol–water partition coefficient (Wildman–Crippen LogP) is 3.73. The lowest BCUT2D eigenvalue weighted by atomic mass is 10.1. The van der Waals surface area contributed by atoms with Gasteiger partial charge in [-0.15, -0.1) is 0 Å². The third kappa shape index (κ3) is 3.67. The molecule has 134 valence electrons. The van der Waals surface area contributed by atoms with Gasteiger partial charge in [-0.05, 0) is 42.8 Å². The van der Waals surface area contributed by atoms with E-state index in [9.17, 15) is 14.4 Å². The van der Waals surface area contributed by atoms with Gasteiger partial charge in [-0.25, -0.2) is 0 Å². The quantitative estimate of drug-likeness (QED) is 0.413. The minimum atomic E-state index is -0.335. The van der Waals surface area contributed by atoms with Crippen molar-refractivity contribution in [3.05, 3.63) is 65.2 Å². The molecule has 5 nitrogen and oxygen atoms in total. The van der Waals surface area contributed by atoms with Gasteiger partial charge in [-0.3, -0.25) is 19.3 Å². The molecule has 0 spiro atoms. The van der Waals surface area contributed by atoms with Crippen LogP contribution in [0.5, 0.6) is 5.75 Å². The maximum Gasteiger partial charge on any atom is 0.261 e. The van der Waals surface area contributed by atoms with E-state index in [0.717, 1.165) is 23.5 Å². The second-order valence-electron chi connectivity index (χ2n) is 6.21. The van der Waals surface area contributed by atoms with Gasteiger partial charge in [0.2, 0.25) is 0 Å². The Morgan fingerprint density at radius 3 is 2.15 bits per heavy atom. The van der Waals surface area contributed by atoms with Gasteiger partial charge >= 0.3 is 0 Å². The number of ether oxygens (including phenoxy) is 1. The molecule has 5 heteroatoms. The summed E-state index contributed by atoms with van der Waals surface area (Å²) in [5, 5.41) is 0. The van der Waals surface area contributed by atoms with Crippen LogP contribution in [-0.2, 0) is 0 Å². The third-order valence-corrected chi connectivity index (χ3v) is 4.38. The highest BCUT2D eigenvalue weighted by Crippen LogP contribution is 2.23. The van der Waals surface area contributed by atoms with E-state index in [0.29, 0.717) is 23.3 Å². The molecule has 0 aromatic heterocycles. The highest BCUT2D eigenvalue weighted by atomic mass is 16.5. The zero-order valence-electron chi connectivity index (χ0n) is 14.7. The summed E-state index contributed by atoms with van der Waals surface area (Å²) in [5.74, 6) is -0.0480. The van der Waals surface area contributed by atoms with Gasteiger partial charge in [0.1, 0.15) is 5.75 Å². The number of imide groups is 1. The first-order valence-electron chi connectivity index (χ1n) is 8.83. The lowest BCUT2D eigenvalue weighted by Gasteiger charge is -2.13. The first kappa shape index (κ1) is 17.9. The highest BCUT2D eigenvalue weighted by molar-refractivity contribution is 6.21. The number of Topliss-reactive ketones (excluding diaryl/α,β-unsaturated/α-hetero) is 1. The summed E-state index contributed by atoms with van der Waals surface area (Å²) in [4.78, 5) is 38.1. The van der Waals surface area contributed by atoms with Crippen molar-refractivity contribution in [2.75, 3.05) is 13.2 Å². The van der Waals surface area contributed by atoms with Crippen molar-refractivity contribution in [2.45, 2.75) is 26.2 Å². The van der Waals surface area contributed by atoms with Crippen LogP contribution in [0, 0.1) is 0 Å². The zero-order chi connectivity index (χ0) is 18.5. The summed E-state index contributed by atoms with van der Waals surface area (Å²) >= 11 is 0. The van der Waals surface area contributed by atoms with E-state index in [1.165, 1.54) is 0 Å². The molecule has 1 heterocycles. The van der Waals surface area contributed by atoms with Gasteiger partial charge in [0, 0.05) is 18.5 Å². The lowest BCUT2D eigenvalue weighted by Crippen LogP contribution is -2.31. The summed E-state index contributed by atoms with van der Waals surface area (Å²) in [6, 6.07) is 13.7. The second kappa shape index (κ2) is 7.95. The largest absolute Gasteiger partial charge is 0.494 e. The van der Waals surface area contributed by atoms with Crippen LogP contribution in [0.3, 0.4) is 0 Å². The van der Waals surface area contributed by atoms with Crippen LogP contribution < -0.4 is 4.74 Å². The number of carbonyl (C=O) groups excluding carboxylic acids is 3. The van der Waals surface area contributed by atoms with Crippen LogP contribution in [0.2, 0.25) is 0 Å². The van der Waals surface area contributed by atoms with Gasteiger partial charge < -0.3 is 4.74 Å². The number of carbonyl (C=O) groups is 3. The fourth-order valence-electron chi connectivity index (χ4n) is 2.87. The van der Waals surface area contributed by atoms with Crippen LogP contribution in [0.4, 0.5) is 0 Å². The van der Waals surface area contributed by atoms with Gasteiger partial charge in [0.15, 0.2) is 5.78 Å². The molecule has 2 aromatic carbocycles. The molecule has 0 radical (unpaired) electrons. The van der Waals surface area contributed by atoms with Crippen molar-refractivity contribution < 1.29 is 19.1 Å². The van der Waals surface area contributed by atoms with Crippen LogP contribution in [0.1, 0.15) is 57.3 Å². The Hall–Kier alpha value is -2.95. The number of benzene rings is 2. The summed E-state index contributed by atoms with van der Waals surface area (Å²) in [6.07, 6.45) is 2.15. The monoisotopic (exact) mass is 351 g/mol. The third-order valence-electron chi connectivity index (χ3n) is 4.38. The maximum absolute atomic E-state index is 12.4. The molecule has 0 bridgehead atoms. The molecule has 0 N–H and O–H groups in total. The molecule has 0 saturated carbocycles. The molecular formula is C21H21NO4. The number of fused-ring (bicyclic) bond motifs is 1. The molecule has 0 aliphatic carbocycles. The Morgan fingerprint density at radius 1 is 0.962 bits per heavy atom. The van der Waals surface area contributed by atoms with Crippen molar-refractivity contribution in [3.8, 4) is 5.75 Å². The Kier molecular flexibility index (Phi) is 5.46. The van der Waals surface area contributed by atoms with E-state index in [1.54, 1.807) is 48.5 Å². The maximum atomic E-state index is 12.4. The fourth-order valence-corrected chi connectivity index (χ4v) is 2.87. The smallest absolute Gasteiger partial charge is 0.261 e. The van der Waals surface area contributed by atoms with Crippen LogP contribution in [0.15, 0.2) is 48.5 Å². The molecule has 1 aliphatic rings. The molecule has 0 unspecified atom stereocenters. The number of rotatable bonds is 8. The van der Waals surface area contributed by atoms with Gasteiger partial charge in [0.05, 0.1) is 17.7 Å². The molecule has 3 rings (SSSR count). The summed E-state index contributed by atoms with van der Waals surface area (Å²) in [5.41, 5.74) is 1.35.